The fraction of sp³-hybridized carbons (Fsp3) is 0.733. The molecule has 1 N–H and O–H groups in total. The topological polar surface area (TPSA) is 84.4 Å². The van der Waals surface area contributed by atoms with Crippen LogP contribution < -0.4 is 5.32 Å². The SMILES string of the molecule is CCOC(=O)Cc1nnc(NC(=O)N2C[C@@H](C)CCC[C@@H]2C)s1. The minimum atomic E-state index is -0.337. The zero-order valence-electron chi connectivity index (χ0n) is 13.9. The van der Waals surface area contributed by atoms with Crippen molar-refractivity contribution in [3.05, 3.63) is 5.01 Å². The van der Waals surface area contributed by atoms with Gasteiger partial charge < -0.3 is 9.64 Å². The highest BCUT2D eigenvalue weighted by Crippen LogP contribution is 2.22. The first kappa shape index (κ1) is 17.7. The average molecular weight is 340 g/mol. The maximum atomic E-state index is 12.5. The molecule has 0 bridgehead atoms. The van der Waals surface area contributed by atoms with Gasteiger partial charge in [0, 0.05) is 12.6 Å². The Kier molecular flexibility index (Phi) is 6.32. The second-order valence-corrected chi connectivity index (χ2v) is 7.01. The quantitative estimate of drug-likeness (QED) is 0.852. The Balaban J connectivity index is 1.94. The summed E-state index contributed by atoms with van der Waals surface area (Å²) in [6.07, 6.45) is 3.39. The number of esters is 1. The van der Waals surface area contributed by atoms with E-state index in [2.05, 4.69) is 29.4 Å². The van der Waals surface area contributed by atoms with E-state index in [0.29, 0.717) is 22.7 Å². The third kappa shape index (κ3) is 5.16. The van der Waals surface area contributed by atoms with Crippen LogP contribution in [-0.2, 0) is 16.0 Å². The molecule has 2 atom stereocenters. The van der Waals surface area contributed by atoms with Crippen LogP contribution in [0.4, 0.5) is 9.93 Å². The van der Waals surface area contributed by atoms with Crippen molar-refractivity contribution in [2.75, 3.05) is 18.5 Å². The van der Waals surface area contributed by atoms with Crippen molar-refractivity contribution in [3.8, 4) is 0 Å². The third-order valence-electron chi connectivity index (χ3n) is 3.90. The Morgan fingerprint density at radius 1 is 1.35 bits per heavy atom. The lowest BCUT2D eigenvalue weighted by molar-refractivity contribution is -0.142. The van der Waals surface area contributed by atoms with Crippen molar-refractivity contribution < 1.29 is 14.3 Å². The molecule has 2 amide bonds. The van der Waals surface area contributed by atoms with Gasteiger partial charge in [-0.3, -0.25) is 10.1 Å². The third-order valence-corrected chi connectivity index (χ3v) is 4.74. The molecule has 0 aliphatic carbocycles. The molecule has 0 aromatic carbocycles. The van der Waals surface area contributed by atoms with Gasteiger partial charge in [0.05, 0.1) is 13.0 Å². The maximum absolute atomic E-state index is 12.5. The van der Waals surface area contributed by atoms with Gasteiger partial charge in [-0.15, -0.1) is 10.2 Å². The first-order chi connectivity index (χ1) is 11.0. The largest absolute Gasteiger partial charge is 0.466 e. The molecule has 2 heterocycles. The monoisotopic (exact) mass is 340 g/mol. The molecule has 1 aliphatic rings. The molecule has 1 saturated heterocycles. The van der Waals surface area contributed by atoms with Crippen LogP contribution in [0.25, 0.3) is 0 Å². The number of hydrogen-bond acceptors (Lipinski definition) is 6. The normalized spacial score (nSPS) is 21.6. The average Bonchev–Trinajstić information content (AvgIpc) is 2.83. The zero-order valence-corrected chi connectivity index (χ0v) is 14.7. The maximum Gasteiger partial charge on any atom is 0.323 e. The number of nitrogens with zero attached hydrogens (tertiary/aromatic N) is 3. The number of nitrogens with one attached hydrogen (secondary N) is 1. The number of anilines is 1. The van der Waals surface area contributed by atoms with E-state index >= 15 is 0 Å². The molecule has 1 aromatic heterocycles. The lowest BCUT2D eigenvalue weighted by atomic mass is 10.1. The summed E-state index contributed by atoms with van der Waals surface area (Å²) in [6.45, 7) is 7.09. The minimum Gasteiger partial charge on any atom is -0.466 e. The molecule has 128 valence electrons. The summed E-state index contributed by atoms with van der Waals surface area (Å²) in [4.78, 5) is 25.8. The molecule has 8 heteroatoms. The highest BCUT2D eigenvalue weighted by atomic mass is 32.1. The molecule has 0 unspecified atom stereocenters. The second kappa shape index (κ2) is 8.24. The summed E-state index contributed by atoms with van der Waals surface area (Å²) in [7, 11) is 0. The van der Waals surface area contributed by atoms with Crippen molar-refractivity contribution in [3.63, 3.8) is 0 Å². The Labute approximate surface area is 140 Å². The van der Waals surface area contributed by atoms with E-state index in [9.17, 15) is 9.59 Å². The van der Waals surface area contributed by atoms with E-state index in [0.717, 1.165) is 25.8 Å². The Bertz CT molecular complexity index is 549. The van der Waals surface area contributed by atoms with Gasteiger partial charge >= 0.3 is 12.0 Å². The van der Waals surface area contributed by atoms with Crippen LogP contribution in [0.5, 0.6) is 0 Å². The first-order valence-electron chi connectivity index (χ1n) is 8.05. The molecular weight excluding hydrogens is 316 g/mol. The van der Waals surface area contributed by atoms with E-state index in [4.69, 9.17) is 4.74 Å². The molecule has 0 spiro atoms. The van der Waals surface area contributed by atoms with Crippen LogP contribution in [0.1, 0.15) is 45.0 Å². The number of hydrogen-bond donors (Lipinski definition) is 1. The standard InChI is InChI=1S/C15H24N4O3S/c1-4-22-13(20)8-12-17-18-14(23-12)16-15(21)19-9-10(2)6-5-7-11(19)3/h10-11H,4-9H2,1-3H3,(H,16,18,21)/t10-,11-/m0/s1. The number of amides is 2. The molecule has 0 saturated carbocycles. The number of carbonyl (C=O) groups excluding carboxylic acids is 2. The molecule has 0 radical (unpaired) electrons. The number of aromatic nitrogens is 2. The predicted octanol–water partition coefficient (Wildman–Crippen LogP) is 2.69. The van der Waals surface area contributed by atoms with Gasteiger partial charge in [-0.2, -0.15) is 0 Å². The molecule has 1 fully saturated rings. The Morgan fingerprint density at radius 3 is 2.87 bits per heavy atom. The van der Waals surface area contributed by atoms with Crippen molar-refractivity contribution in [1.82, 2.24) is 15.1 Å². The predicted molar refractivity (Wildman–Crippen MR) is 88.4 cm³/mol. The van der Waals surface area contributed by atoms with Crippen molar-refractivity contribution in [2.24, 2.45) is 5.92 Å². The Hall–Kier alpha value is -1.70. The van der Waals surface area contributed by atoms with Crippen LogP contribution >= 0.6 is 11.3 Å². The summed E-state index contributed by atoms with van der Waals surface area (Å²) < 4.78 is 4.88. The number of ether oxygens (including phenoxy) is 1. The molecule has 1 aromatic rings. The minimum absolute atomic E-state index is 0.0819. The van der Waals surface area contributed by atoms with Gasteiger partial charge in [-0.25, -0.2) is 4.79 Å². The van der Waals surface area contributed by atoms with Gasteiger partial charge in [0.25, 0.3) is 0 Å². The van der Waals surface area contributed by atoms with Gasteiger partial charge in [-0.05, 0) is 32.6 Å². The van der Waals surface area contributed by atoms with Gasteiger partial charge in [0.1, 0.15) is 5.01 Å². The lowest BCUT2D eigenvalue weighted by Crippen LogP contribution is -2.42. The highest BCUT2D eigenvalue weighted by Gasteiger charge is 2.25. The first-order valence-corrected chi connectivity index (χ1v) is 8.86. The molecule has 2 rings (SSSR count). The van der Waals surface area contributed by atoms with E-state index < -0.39 is 0 Å². The number of likely N-dealkylation sites (tertiary alicyclic amines) is 1. The van der Waals surface area contributed by atoms with Crippen molar-refractivity contribution in [1.29, 1.82) is 0 Å². The molecular formula is C15H24N4O3S. The van der Waals surface area contributed by atoms with Crippen molar-refractivity contribution in [2.45, 2.75) is 52.5 Å². The number of carbonyl (C=O) groups is 2. The van der Waals surface area contributed by atoms with Crippen LogP contribution in [0.3, 0.4) is 0 Å². The summed E-state index contributed by atoms with van der Waals surface area (Å²) in [5.41, 5.74) is 0. The summed E-state index contributed by atoms with van der Waals surface area (Å²) in [6, 6.07) is 0.0666. The van der Waals surface area contributed by atoms with Crippen LogP contribution in [0.15, 0.2) is 0 Å². The highest BCUT2D eigenvalue weighted by molar-refractivity contribution is 7.15. The fourth-order valence-corrected chi connectivity index (χ4v) is 3.40. The lowest BCUT2D eigenvalue weighted by Gasteiger charge is -2.28. The van der Waals surface area contributed by atoms with Crippen molar-refractivity contribution >= 4 is 28.5 Å². The summed E-state index contributed by atoms with van der Waals surface area (Å²) in [5, 5.41) is 11.6. The van der Waals surface area contributed by atoms with E-state index in [1.807, 2.05) is 4.90 Å². The Morgan fingerprint density at radius 2 is 2.13 bits per heavy atom. The van der Waals surface area contributed by atoms with Gasteiger partial charge in [0.2, 0.25) is 5.13 Å². The smallest absolute Gasteiger partial charge is 0.323 e. The van der Waals surface area contributed by atoms with E-state index in [-0.39, 0.29) is 24.5 Å². The van der Waals surface area contributed by atoms with Crippen LogP contribution in [0, 0.1) is 5.92 Å². The van der Waals surface area contributed by atoms with Gasteiger partial charge in [-0.1, -0.05) is 24.7 Å². The van der Waals surface area contributed by atoms with Crippen LogP contribution in [-0.4, -0.2) is 46.3 Å². The molecule has 7 nitrogen and oxygen atoms in total. The summed E-state index contributed by atoms with van der Waals surface area (Å²) >= 11 is 1.20. The van der Waals surface area contributed by atoms with E-state index in [1.165, 1.54) is 11.3 Å². The van der Waals surface area contributed by atoms with Crippen LogP contribution in [0.2, 0.25) is 0 Å². The number of rotatable bonds is 4. The number of urea groups is 1. The molecule has 23 heavy (non-hydrogen) atoms. The molecule has 1 aliphatic heterocycles. The fourth-order valence-electron chi connectivity index (χ4n) is 2.68. The van der Waals surface area contributed by atoms with E-state index in [1.54, 1.807) is 6.92 Å². The van der Waals surface area contributed by atoms with Gasteiger partial charge in [0.15, 0.2) is 0 Å². The second-order valence-electron chi connectivity index (χ2n) is 5.95. The summed E-state index contributed by atoms with van der Waals surface area (Å²) in [5.74, 6) is 0.163. The zero-order chi connectivity index (χ0) is 16.8.